The first kappa shape index (κ1) is 15.4. The van der Waals surface area contributed by atoms with Crippen LogP contribution in [0.5, 0.6) is 0 Å². The lowest BCUT2D eigenvalue weighted by molar-refractivity contribution is -0.185. The lowest BCUT2D eigenvalue weighted by Crippen LogP contribution is -2.34. The summed E-state index contributed by atoms with van der Waals surface area (Å²) in [5.41, 5.74) is 0.189. The Bertz CT molecular complexity index is 573. The van der Waals surface area contributed by atoms with Gasteiger partial charge >= 0.3 is 6.18 Å². The van der Waals surface area contributed by atoms with Gasteiger partial charge in [-0.3, -0.25) is 9.48 Å². The molecule has 2 rings (SSSR count). The van der Waals surface area contributed by atoms with E-state index in [4.69, 9.17) is 5.26 Å². The first-order chi connectivity index (χ1) is 9.82. The molecule has 1 aromatic heterocycles. The molecule has 0 spiro atoms. The number of carbonyl (C=O) groups excluding carboxylic acids is 1. The summed E-state index contributed by atoms with van der Waals surface area (Å²) in [5, 5.41) is 15.3. The molecule has 0 aromatic carbocycles. The zero-order valence-corrected chi connectivity index (χ0v) is 11.4. The van der Waals surface area contributed by atoms with Crippen molar-refractivity contribution in [1.82, 2.24) is 9.78 Å². The number of carbonyl (C=O) groups is 1. The van der Waals surface area contributed by atoms with E-state index in [0.29, 0.717) is 12.8 Å². The lowest BCUT2D eigenvalue weighted by atomic mass is 9.80. The zero-order valence-electron chi connectivity index (χ0n) is 11.4. The van der Waals surface area contributed by atoms with Gasteiger partial charge in [-0.05, 0) is 19.3 Å². The fourth-order valence-electron chi connectivity index (χ4n) is 2.61. The van der Waals surface area contributed by atoms with Crippen molar-refractivity contribution in [3.63, 3.8) is 0 Å². The van der Waals surface area contributed by atoms with Crippen molar-refractivity contribution in [2.24, 2.45) is 18.9 Å². The predicted octanol–water partition coefficient (Wildman–Crippen LogP) is 2.60. The van der Waals surface area contributed by atoms with Crippen molar-refractivity contribution in [2.45, 2.75) is 31.9 Å². The highest BCUT2D eigenvalue weighted by Crippen LogP contribution is 2.40. The maximum atomic E-state index is 12.7. The third-order valence-corrected chi connectivity index (χ3v) is 3.81. The van der Waals surface area contributed by atoms with Crippen molar-refractivity contribution >= 4 is 11.7 Å². The largest absolute Gasteiger partial charge is 0.391 e. The fourth-order valence-corrected chi connectivity index (χ4v) is 2.61. The van der Waals surface area contributed by atoms with E-state index < -0.39 is 23.9 Å². The van der Waals surface area contributed by atoms with Gasteiger partial charge in [-0.15, -0.1) is 0 Å². The van der Waals surface area contributed by atoms with Gasteiger partial charge in [0.25, 0.3) is 0 Å². The third-order valence-electron chi connectivity index (χ3n) is 3.81. The summed E-state index contributed by atoms with van der Waals surface area (Å²) in [6.45, 7) is 0. The molecule has 5 nitrogen and oxygen atoms in total. The van der Waals surface area contributed by atoms with E-state index in [1.807, 2.05) is 6.07 Å². The number of hydrogen-bond acceptors (Lipinski definition) is 3. The number of aryl methyl sites for hydroxylation is 1. The summed E-state index contributed by atoms with van der Waals surface area (Å²) in [4.78, 5) is 12.1. The van der Waals surface area contributed by atoms with Crippen LogP contribution in [-0.2, 0) is 11.8 Å². The molecule has 1 fully saturated rings. The number of anilines is 1. The summed E-state index contributed by atoms with van der Waals surface area (Å²) in [6.07, 6.45) is -2.29. The minimum Gasteiger partial charge on any atom is -0.310 e. The molecule has 1 N–H and O–H groups in total. The topological polar surface area (TPSA) is 70.7 Å². The Morgan fingerprint density at radius 2 is 2.24 bits per heavy atom. The molecule has 21 heavy (non-hydrogen) atoms. The summed E-state index contributed by atoms with van der Waals surface area (Å²) in [7, 11) is 1.55. The number of halogens is 3. The minimum atomic E-state index is -4.26. The van der Waals surface area contributed by atoms with Crippen LogP contribution in [0.1, 0.15) is 31.2 Å². The number of hydrogen-bond donors (Lipinski definition) is 1. The predicted molar refractivity (Wildman–Crippen MR) is 68.1 cm³/mol. The molecule has 1 heterocycles. The van der Waals surface area contributed by atoms with Crippen LogP contribution in [0.2, 0.25) is 0 Å². The van der Waals surface area contributed by atoms with E-state index in [-0.39, 0.29) is 24.2 Å². The van der Waals surface area contributed by atoms with Crippen molar-refractivity contribution in [3.8, 4) is 6.07 Å². The molecule has 8 heteroatoms. The standard InChI is InChI=1S/C13H15F3N4O/c1-20-11(9(6-17)7-18-20)19-12(21)8-3-2-4-10(5-8)13(14,15)16/h7-8,10H,2-5H2,1H3,(H,19,21). The number of nitrogens with zero attached hydrogens (tertiary/aromatic N) is 3. The van der Waals surface area contributed by atoms with Crippen LogP contribution in [0.3, 0.4) is 0 Å². The Morgan fingerprint density at radius 3 is 2.86 bits per heavy atom. The number of nitriles is 1. The fraction of sp³-hybridized carbons (Fsp3) is 0.615. The van der Waals surface area contributed by atoms with E-state index in [9.17, 15) is 18.0 Å². The number of amides is 1. The monoisotopic (exact) mass is 300 g/mol. The second-order valence-corrected chi connectivity index (χ2v) is 5.23. The Kier molecular flexibility index (Phi) is 4.21. The first-order valence-electron chi connectivity index (χ1n) is 6.62. The third kappa shape index (κ3) is 3.35. The molecule has 0 aliphatic heterocycles. The Balaban J connectivity index is 2.07. The van der Waals surface area contributed by atoms with Gasteiger partial charge in [-0.1, -0.05) is 6.42 Å². The van der Waals surface area contributed by atoms with Gasteiger partial charge in [-0.25, -0.2) is 0 Å². The molecule has 2 unspecified atom stereocenters. The molecular formula is C13H15F3N4O. The van der Waals surface area contributed by atoms with Crippen LogP contribution >= 0.6 is 0 Å². The van der Waals surface area contributed by atoms with Crippen LogP contribution in [0.4, 0.5) is 19.0 Å². The lowest BCUT2D eigenvalue weighted by Gasteiger charge is -2.29. The average Bonchev–Trinajstić information content (AvgIpc) is 2.79. The molecule has 1 aliphatic carbocycles. The zero-order chi connectivity index (χ0) is 15.6. The van der Waals surface area contributed by atoms with Crippen molar-refractivity contribution in [3.05, 3.63) is 11.8 Å². The molecule has 1 amide bonds. The van der Waals surface area contributed by atoms with Crippen LogP contribution in [0, 0.1) is 23.2 Å². The second kappa shape index (κ2) is 5.76. The average molecular weight is 300 g/mol. The van der Waals surface area contributed by atoms with E-state index in [2.05, 4.69) is 10.4 Å². The molecule has 0 saturated heterocycles. The van der Waals surface area contributed by atoms with Crippen LogP contribution < -0.4 is 5.32 Å². The van der Waals surface area contributed by atoms with Gasteiger partial charge in [0.15, 0.2) is 0 Å². The van der Waals surface area contributed by atoms with Gasteiger partial charge in [0, 0.05) is 13.0 Å². The van der Waals surface area contributed by atoms with Crippen molar-refractivity contribution in [1.29, 1.82) is 5.26 Å². The highest BCUT2D eigenvalue weighted by Gasteiger charge is 2.43. The molecule has 0 bridgehead atoms. The minimum absolute atomic E-state index is 0.0719. The van der Waals surface area contributed by atoms with Crippen molar-refractivity contribution in [2.75, 3.05) is 5.32 Å². The quantitative estimate of drug-likeness (QED) is 0.912. The van der Waals surface area contributed by atoms with Gasteiger partial charge < -0.3 is 5.32 Å². The van der Waals surface area contributed by atoms with Gasteiger partial charge in [0.1, 0.15) is 17.5 Å². The Morgan fingerprint density at radius 1 is 1.52 bits per heavy atom. The number of nitrogens with one attached hydrogen (secondary N) is 1. The molecule has 1 saturated carbocycles. The van der Waals surface area contributed by atoms with Gasteiger partial charge in [-0.2, -0.15) is 23.5 Å². The number of rotatable bonds is 2. The molecule has 1 aliphatic rings. The second-order valence-electron chi connectivity index (χ2n) is 5.23. The molecule has 1 aromatic rings. The SMILES string of the molecule is Cn1ncc(C#N)c1NC(=O)C1CCCC(C(F)(F)F)C1. The molecule has 0 radical (unpaired) electrons. The van der Waals surface area contributed by atoms with E-state index in [1.54, 1.807) is 7.05 Å². The van der Waals surface area contributed by atoms with Crippen LogP contribution in [-0.4, -0.2) is 21.9 Å². The summed E-state index contributed by atoms with van der Waals surface area (Å²) in [5.74, 6) is -2.38. The Labute approximate surface area is 119 Å². The number of alkyl halides is 3. The highest BCUT2D eigenvalue weighted by atomic mass is 19.4. The summed E-state index contributed by atoms with van der Waals surface area (Å²) < 4.78 is 39.6. The normalized spacial score (nSPS) is 22.6. The van der Waals surface area contributed by atoms with Gasteiger partial charge in [0.05, 0.1) is 12.1 Å². The van der Waals surface area contributed by atoms with E-state index in [0.717, 1.165) is 0 Å². The summed E-state index contributed by atoms with van der Waals surface area (Å²) in [6, 6.07) is 1.88. The van der Waals surface area contributed by atoms with Crippen LogP contribution in [0.25, 0.3) is 0 Å². The molecule has 114 valence electrons. The van der Waals surface area contributed by atoms with Crippen molar-refractivity contribution < 1.29 is 18.0 Å². The van der Waals surface area contributed by atoms with Crippen LogP contribution in [0.15, 0.2) is 6.20 Å². The summed E-state index contributed by atoms with van der Waals surface area (Å²) >= 11 is 0. The first-order valence-corrected chi connectivity index (χ1v) is 6.62. The maximum absolute atomic E-state index is 12.7. The Hall–Kier alpha value is -2.04. The molecule has 2 atom stereocenters. The van der Waals surface area contributed by atoms with E-state index >= 15 is 0 Å². The highest BCUT2D eigenvalue weighted by molar-refractivity contribution is 5.92. The maximum Gasteiger partial charge on any atom is 0.391 e. The van der Waals surface area contributed by atoms with E-state index in [1.165, 1.54) is 10.9 Å². The van der Waals surface area contributed by atoms with Gasteiger partial charge in [0.2, 0.25) is 5.91 Å². The smallest absolute Gasteiger partial charge is 0.310 e. The number of aromatic nitrogens is 2. The molecular weight excluding hydrogens is 285 g/mol.